The van der Waals surface area contributed by atoms with E-state index in [4.69, 9.17) is 10.1 Å². The molecule has 4 aromatic rings. The number of aryl methyl sites for hydroxylation is 3. The molecule has 0 aliphatic rings. The standard InChI is InChI=1S/C25H26N4OS/c1-16-22(13-14-23(30)27-20-11-8-12-21(15-20)31-4)18(3)29-25(26-16)24(17(2)28-29)19-9-6-5-7-10-19/h5-12,15H,13-14H2,1-4H3,(H,27,30). The Kier molecular flexibility index (Phi) is 6.09. The predicted octanol–water partition coefficient (Wildman–Crippen LogP) is 5.61. The minimum absolute atomic E-state index is 0.00114. The number of carbonyl (C=O) groups is 1. The number of anilines is 1. The molecule has 0 atom stereocenters. The molecule has 0 saturated heterocycles. The van der Waals surface area contributed by atoms with Crippen molar-refractivity contribution in [1.82, 2.24) is 14.6 Å². The molecule has 6 heteroatoms. The van der Waals surface area contributed by atoms with Crippen LogP contribution in [0.2, 0.25) is 0 Å². The third-order valence-corrected chi connectivity index (χ3v) is 6.24. The molecule has 0 fully saturated rings. The van der Waals surface area contributed by atoms with Crippen LogP contribution >= 0.6 is 11.8 Å². The van der Waals surface area contributed by atoms with Gasteiger partial charge in [0.1, 0.15) is 0 Å². The average molecular weight is 431 g/mol. The van der Waals surface area contributed by atoms with Crippen LogP contribution in [0.25, 0.3) is 16.8 Å². The first-order chi connectivity index (χ1) is 15.0. The summed E-state index contributed by atoms with van der Waals surface area (Å²) in [7, 11) is 0. The Balaban J connectivity index is 1.58. The quantitative estimate of drug-likeness (QED) is 0.404. The molecule has 2 heterocycles. The third-order valence-electron chi connectivity index (χ3n) is 5.52. The minimum atomic E-state index is -0.00114. The number of carbonyl (C=O) groups excluding carboxylic acids is 1. The van der Waals surface area contributed by atoms with Crippen LogP contribution in [-0.4, -0.2) is 26.8 Å². The van der Waals surface area contributed by atoms with E-state index in [1.807, 2.05) is 67.1 Å². The maximum Gasteiger partial charge on any atom is 0.224 e. The van der Waals surface area contributed by atoms with Crippen LogP contribution in [-0.2, 0) is 11.2 Å². The van der Waals surface area contributed by atoms with Crippen LogP contribution in [0.4, 0.5) is 5.69 Å². The fourth-order valence-corrected chi connectivity index (χ4v) is 4.40. The van der Waals surface area contributed by atoms with E-state index in [2.05, 4.69) is 24.4 Å². The van der Waals surface area contributed by atoms with E-state index in [0.717, 1.165) is 50.0 Å². The molecule has 158 valence electrons. The Morgan fingerprint density at radius 3 is 2.55 bits per heavy atom. The molecule has 0 unspecified atom stereocenters. The molecule has 31 heavy (non-hydrogen) atoms. The summed E-state index contributed by atoms with van der Waals surface area (Å²) in [5, 5.41) is 7.76. The number of hydrogen-bond donors (Lipinski definition) is 1. The monoisotopic (exact) mass is 430 g/mol. The van der Waals surface area contributed by atoms with Crippen molar-refractivity contribution in [2.45, 2.75) is 38.5 Å². The van der Waals surface area contributed by atoms with Gasteiger partial charge in [-0.3, -0.25) is 4.79 Å². The lowest BCUT2D eigenvalue weighted by atomic mass is 10.0. The molecule has 1 N–H and O–H groups in total. The van der Waals surface area contributed by atoms with Crippen LogP contribution in [0.3, 0.4) is 0 Å². The second-order valence-corrected chi connectivity index (χ2v) is 8.48. The van der Waals surface area contributed by atoms with E-state index >= 15 is 0 Å². The van der Waals surface area contributed by atoms with Gasteiger partial charge in [0.05, 0.1) is 5.69 Å². The second-order valence-electron chi connectivity index (χ2n) is 7.60. The van der Waals surface area contributed by atoms with E-state index in [9.17, 15) is 4.79 Å². The van der Waals surface area contributed by atoms with Crippen molar-refractivity contribution >= 4 is 29.0 Å². The summed E-state index contributed by atoms with van der Waals surface area (Å²) >= 11 is 1.66. The SMILES string of the molecule is CSc1cccc(NC(=O)CCc2c(C)nc3c(-c4ccccc4)c(C)nn3c2C)c1. The minimum Gasteiger partial charge on any atom is -0.326 e. The highest BCUT2D eigenvalue weighted by Gasteiger charge is 2.18. The van der Waals surface area contributed by atoms with Gasteiger partial charge in [-0.2, -0.15) is 5.10 Å². The summed E-state index contributed by atoms with van der Waals surface area (Å²) in [6.07, 6.45) is 3.04. The number of nitrogens with one attached hydrogen (secondary N) is 1. The van der Waals surface area contributed by atoms with Crippen molar-refractivity contribution in [2.75, 3.05) is 11.6 Å². The number of aromatic nitrogens is 3. The van der Waals surface area contributed by atoms with Crippen LogP contribution in [0.1, 0.15) is 29.1 Å². The van der Waals surface area contributed by atoms with Crippen molar-refractivity contribution in [3.05, 3.63) is 77.2 Å². The van der Waals surface area contributed by atoms with E-state index < -0.39 is 0 Å². The first-order valence-electron chi connectivity index (χ1n) is 10.3. The van der Waals surface area contributed by atoms with Crippen molar-refractivity contribution in [3.63, 3.8) is 0 Å². The molecule has 0 spiro atoms. The zero-order valence-corrected chi connectivity index (χ0v) is 19.1. The lowest BCUT2D eigenvalue weighted by molar-refractivity contribution is -0.116. The van der Waals surface area contributed by atoms with Gasteiger partial charge < -0.3 is 5.32 Å². The van der Waals surface area contributed by atoms with Crippen molar-refractivity contribution in [3.8, 4) is 11.1 Å². The molecule has 5 nitrogen and oxygen atoms in total. The summed E-state index contributed by atoms with van der Waals surface area (Å²) in [6, 6.07) is 18.1. The second kappa shape index (κ2) is 8.94. The number of benzene rings is 2. The normalized spacial score (nSPS) is 11.1. The summed E-state index contributed by atoms with van der Waals surface area (Å²) in [4.78, 5) is 18.6. The first-order valence-corrected chi connectivity index (χ1v) is 11.5. The maximum absolute atomic E-state index is 12.6. The van der Waals surface area contributed by atoms with Gasteiger partial charge in [0, 0.05) is 34.0 Å². The lowest BCUT2D eigenvalue weighted by Crippen LogP contribution is -2.14. The van der Waals surface area contributed by atoms with Gasteiger partial charge in [-0.1, -0.05) is 36.4 Å². The Hall–Kier alpha value is -3.12. The molecule has 0 aliphatic heterocycles. The molecular weight excluding hydrogens is 404 g/mol. The molecule has 2 aromatic heterocycles. The van der Waals surface area contributed by atoms with Gasteiger partial charge in [0.15, 0.2) is 5.65 Å². The van der Waals surface area contributed by atoms with Crippen molar-refractivity contribution < 1.29 is 4.79 Å². The molecule has 4 rings (SSSR count). The van der Waals surface area contributed by atoms with E-state index in [-0.39, 0.29) is 5.91 Å². The average Bonchev–Trinajstić information content (AvgIpc) is 3.10. The molecule has 0 bridgehead atoms. The first kappa shape index (κ1) is 21.1. The van der Waals surface area contributed by atoms with Gasteiger partial charge in [0.25, 0.3) is 0 Å². The molecule has 0 radical (unpaired) electrons. The Morgan fingerprint density at radius 2 is 1.81 bits per heavy atom. The fraction of sp³-hybridized carbons (Fsp3) is 0.240. The van der Waals surface area contributed by atoms with E-state index in [0.29, 0.717) is 12.8 Å². The lowest BCUT2D eigenvalue weighted by Gasteiger charge is -2.12. The number of nitrogens with zero attached hydrogens (tertiary/aromatic N) is 3. The van der Waals surface area contributed by atoms with Crippen molar-refractivity contribution in [2.24, 2.45) is 0 Å². The van der Waals surface area contributed by atoms with Gasteiger partial charge in [0.2, 0.25) is 5.91 Å². The van der Waals surface area contributed by atoms with Crippen LogP contribution in [0, 0.1) is 20.8 Å². The molecular formula is C25H26N4OS. The largest absolute Gasteiger partial charge is 0.326 e. The number of fused-ring (bicyclic) bond motifs is 1. The zero-order valence-electron chi connectivity index (χ0n) is 18.3. The van der Waals surface area contributed by atoms with E-state index in [1.54, 1.807) is 11.8 Å². The highest BCUT2D eigenvalue weighted by Crippen LogP contribution is 2.29. The molecule has 1 amide bonds. The van der Waals surface area contributed by atoms with Crippen LogP contribution in [0.15, 0.2) is 59.5 Å². The third kappa shape index (κ3) is 4.35. The van der Waals surface area contributed by atoms with Crippen LogP contribution in [0.5, 0.6) is 0 Å². The zero-order chi connectivity index (χ0) is 22.0. The molecule has 0 saturated carbocycles. The Bertz CT molecular complexity index is 1250. The highest BCUT2D eigenvalue weighted by atomic mass is 32.2. The topological polar surface area (TPSA) is 59.3 Å². The predicted molar refractivity (Wildman–Crippen MR) is 128 cm³/mol. The number of hydrogen-bond acceptors (Lipinski definition) is 4. The number of amides is 1. The van der Waals surface area contributed by atoms with Gasteiger partial charge in [-0.25, -0.2) is 9.50 Å². The molecule has 2 aromatic carbocycles. The maximum atomic E-state index is 12.6. The number of thioether (sulfide) groups is 1. The Labute approximate surface area is 186 Å². The summed E-state index contributed by atoms with van der Waals surface area (Å²) in [6.45, 7) is 6.08. The van der Waals surface area contributed by atoms with E-state index in [1.165, 1.54) is 0 Å². The number of rotatable bonds is 6. The van der Waals surface area contributed by atoms with Crippen LogP contribution < -0.4 is 5.32 Å². The summed E-state index contributed by atoms with van der Waals surface area (Å²) in [5.41, 5.74) is 7.86. The van der Waals surface area contributed by atoms with Gasteiger partial charge >= 0.3 is 0 Å². The smallest absolute Gasteiger partial charge is 0.224 e. The summed E-state index contributed by atoms with van der Waals surface area (Å²) in [5.74, 6) is -0.00114. The van der Waals surface area contributed by atoms with Gasteiger partial charge in [-0.15, -0.1) is 11.8 Å². The highest BCUT2D eigenvalue weighted by molar-refractivity contribution is 7.98. The molecule has 0 aliphatic carbocycles. The Morgan fingerprint density at radius 1 is 1.03 bits per heavy atom. The van der Waals surface area contributed by atoms with Gasteiger partial charge in [-0.05, 0) is 62.8 Å². The van der Waals surface area contributed by atoms with Crippen molar-refractivity contribution in [1.29, 1.82) is 0 Å². The fourth-order valence-electron chi connectivity index (χ4n) is 3.94. The summed E-state index contributed by atoms with van der Waals surface area (Å²) < 4.78 is 1.92.